The molecular formula is C16H25F2NO3. The second-order valence-corrected chi connectivity index (χ2v) is 6.90. The molecule has 3 aliphatic rings. The summed E-state index contributed by atoms with van der Waals surface area (Å²) in [6.07, 6.45) is 5.37. The molecule has 0 bridgehead atoms. The Kier molecular flexibility index (Phi) is 4.69. The second-order valence-electron chi connectivity index (χ2n) is 6.90. The van der Waals surface area contributed by atoms with E-state index in [1.165, 1.54) is 6.42 Å². The van der Waals surface area contributed by atoms with Crippen molar-refractivity contribution in [2.45, 2.75) is 75.6 Å². The van der Waals surface area contributed by atoms with Crippen LogP contribution in [0.2, 0.25) is 0 Å². The number of carbonyl (C=O) groups is 1. The number of hydrogen-bond donors (Lipinski definition) is 1. The molecule has 4 nitrogen and oxygen atoms in total. The minimum absolute atomic E-state index is 0.118. The summed E-state index contributed by atoms with van der Waals surface area (Å²) >= 11 is 0. The first kappa shape index (κ1) is 16.1. The highest BCUT2D eigenvalue weighted by Crippen LogP contribution is 2.38. The Balaban J connectivity index is 1.40. The summed E-state index contributed by atoms with van der Waals surface area (Å²) in [5.41, 5.74) is 0. The molecular weight excluding hydrogens is 292 g/mol. The van der Waals surface area contributed by atoms with Gasteiger partial charge in [0.05, 0.1) is 6.61 Å². The average molecular weight is 317 g/mol. The molecule has 1 aliphatic heterocycles. The predicted molar refractivity (Wildman–Crippen MR) is 76.6 cm³/mol. The summed E-state index contributed by atoms with van der Waals surface area (Å²) in [6.45, 7) is 0.913. The number of halogens is 2. The third kappa shape index (κ3) is 3.77. The van der Waals surface area contributed by atoms with Crippen LogP contribution in [-0.4, -0.2) is 36.9 Å². The molecule has 2 saturated carbocycles. The Labute approximate surface area is 129 Å². The molecule has 1 saturated heterocycles. The molecule has 0 aromatic rings. The summed E-state index contributed by atoms with van der Waals surface area (Å²) in [5, 5.41) is 2.85. The van der Waals surface area contributed by atoms with Crippen molar-refractivity contribution >= 4 is 5.91 Å². The third-order valence-electron chi connectivity index (χ3n) is 5.12. The van der Waals surface area contributed by atoms with Crippen molar-refractivity contribution < 1.29 is 23.0 Å². The first-order valence-corrected chi connectivity index (χ1v) is 8.45. The van der Waals surface area contributed by atoms with Gasteiger partial charge in [0.2, 0.25) is 11.8 Å². The van der Waals surface area contributed by atoms with Gasteiger partial charge in [-0.15, -0.1) is 0 Å². The topological polar surface area (TPSA) is 47.6 Å². The van der Waals surface area contributed by atoms with Crippen molar-refractivity contribution in [3.63, 3.8) is 0 Å². The van der Waals surface area contributed by atoms with E-state index < -0.39 is 11.7 Å². The summed E-state index contributed by atoms with van der Waals surface area (Å²) < 4.78 is 38.0. The van der Waals surface area contributed by atoms with Gasteiger partial charge in [0, 0.05) is 38.1 Å². The van der Waals surface area contributed by atoms with Gasteiger partial charge in [0.25, 0.3) is 0 Å². The summed E-state index contributed by atoms with van der Waals surface area (Å²) in [5.74, 6) is -3.43. The van der Waals surface area contributed by atoms with Crippen molar-refractivity contribution in [3.05, 3.63) is 0 Å². The fraction of sp³-hybridized carbons (Fsp3) is 0.938. The maximum absolute atomic E-state index is 13.1. The number of amides is 1. The number of ether oxygens (including phenoxy) is 2. The van der Waals surface area contributed by atoms with Crippen LogP contribution in [0.15, 0.2) is 0 Å². The highest BCUT2D eigenvalue weighted by molar-refractivity contribution is 5.78. The van der Waals surface area contributed by atoms with Gasteiger partial charge in [-0.2, -0.15) is 0 Å². The predicted octanol–water partition coefficient (Wildman–Crippen LogP) is 3.00. The zero-order valence-corrected chi connectivity index (χ0v) is 12.9. The van der Waals surface area contributed by atoms with Crippen LogP contribution in [0.3, 0.4) is 0 Å². The highest BCUT2D eigenvalue weighted by Gasteiger charge is 2.42. The maximum atomic E-state index is 13.1. The first-order valence-electron chi connectivity index (χ1n) is 8.45. The highest BCUT2D eigenvalue weighted by atomic mass is 19.3. The van der Waals surface area contributed by atoms with Crippen LogP contribution in [0.4, 0.5) is 8.78 Å². The summed E-state index contributed by atoms with van der Waals surface area (Å²) in [4.78, 5) is 12.1. The van der Waals surface area contributed by atoms with Gasteiger partial charge in [-0.25, -0.2) is 8.78 Å². The Morgan fingerprint density at radius 1 is 1.09 bits per heavy atom. The van der Waals surface area contributed by atoms with E-state index in [1.54, 1.807) is 0 Å². The van der Waals surface area contributed by atoms with E-state index in [0.29, 0.717) is 13.2 Å². The minimum atomic E-state index is -2.59. The number of carbonyl (C=O) groups excluding carboxylic acids is 1. The molecule has 126 valence electrons. The van der Waals surface area contributed by atoms with Gasteiger partial charge in [-0.3, -0.25) is 4.79 Å². The minimum Gasteiger partial charge on any atom is -0.353 e. The van der Waals surface area contributed by atoms with Crippen LogP contribution in [0.1, 0.15) is 57.8 Å². The van der Waals surface area contributed by atoms with Gasteiger partial charge in [0.1, 0.15) is 6.10 Å². The van der Waals surface area contributed by atoms with Crippen LogP contribution >= 0.6 is 0 Å². The van der Waals surface area contributed by atoms with Crippen molar-refractivity contribution in [3.8, 4) is 0 Å². The molecule has 0 unspecified atom stereocenters. The molecule has 1 atom stereocenters. The van der Waals surface area contributed by atoms with Gasteiger partial charge in [0.15, 0.2) is 5.79 Å². The Bertz CT molecular complexity index is 400. The SMILES string of the molecule is O=C(NC[C@@H]1COC2(CCCCC2)O1)C1CCC(F)(F)CC1. The van der Waals surface area contributed by atoms with Gasteiger partial charge in [-0.05, 0) is 25.7 Å². The smallest absolute Gasteiger partial charge is 0.248 e. The van der Waals surface area contributed by atoms with Crippen LogP contribution < -0.4 is 5.32 Å². The number of rotatable bonds is 3. The monoisotopic (exact) mass is 317 g/mol. The summed E-state index contributed by atoms with van der Waals surface area (Å²) in [7, 11) is 0. The molecule has 0 aromatic carbocycles. The van der Waals surface area contributed by atoms with E-state index in [0.717, 1.165) is 25.7 Å². The Morgan fingerprint density at radius 3 is 2.45 bits per heavy atom. The lowest BCUT2D eigenvalue weighted by molar-refractivity contribution is -0.186. The normalized spacial score (nSPS) is 31.3. The molecule has 0 aromatic heterocycles. The van der Waals surface area contributed by atoms with Crippen LogP contribution in [0, 0.1) is 5.92 Å². The average Bonchev–Trinajstić information content (AvgIpc) is 2.88. The van der Waals surface area contributed by atoms with Crippen molar-refractivity contribution in [2.24, 2.45) is 5.92 Å². The molecule has 1 amide bonds. The first-order chi connectivity index (χ1) is 10.5. The van der Waals surface area contributed by atoms with Gasteiger partial charge < -0.3 is 14.8 Å². The molecule has 3 fully saturated rings. The molecule has 1 N–H and O–H groups in total. The van der Waals surface area contributed by atoms with E-state index in [9.17, 15) is 13.6 Å². The lowest BCUT2D eigenvalue weighted by atomic mass is 9.86. The van der Waals surface area contributed by atoms with Crippen LogP contribution in [-0.2, 0) is 14.3 Å². The molecule has 22 heavy (non-hydrogen) atoms. The zero-order chi connectivity index (χ0) is 15.6. The lowest BCUT2D eigenvalue weighted by Gasteiger charge is -2.32. The Hall–Kier alpha value is -0.750. The zero-order valence-electron chi connectivity index (χ0n) is 12.9. The van der Waals surface area contributed by atoms with Crippen molar-refractivity contribution in [1.29, 1.82) is 0 Å². The van der Waals surface area contributed by atoms with Gasteiger partial charge in [-0.1, -0.05) is 6.42 Å². The molecule has 0 radical (unpaired) electrons. The summed E-state index contributed by atoms with van der Waals surface area (Å²) in [6, 6.07) is 0. The number of hydrogen-bond acceptors (Lipinski definition) is 3. The standard InChI is InChI=1S/C16H25F2NO3/c17-15(18)8-4-12(5-9-15)14(20)19-10-13-11-21-16(22-13)6-2-1-3-7-16/h12-13H,1-11H2,(H,19,20)/t13-/m1/s1. The number of alkyl halides is 2. The van der Waals surface area contributed by atoms with E-state index in [2.05, 4.69) is 5.32 Å². The number of nitrogens with one attached hydrogen (secondary N) is 1. The van der Waals surface area contributed by atoms with Gasteiger partial charge >= 0.3 is 0 Å². The largest absolute Gasteiger partial charge is 0.353 e. The fourth-order valence-corrected chi connectivity index (χ4v) is 3.73. The lowest BCUT2D eigenvalue weighted by Crippen LogP contribution is -2.41. The third-order valence-corrected chi connectivity index (χ3v) is 5.12. The van der Waals surface area contributed by atoms with E-state index in [1.807, 2.05) is 0 Å². The van der Waals surface area contributed by atoms with Crippen molar-refractivity contribution in [1.82, 2.24) is 5.32 Å². The van der Waals surface area contributed by atoms with Crippen LogP contribution in [0.5, 0.6) is 0 Å². The fourth-order valence-electron chi connectivity index (χ4n) is 3.73. The molecule has 3 rings (SSSR count). The maximum Gasteiger partial charge on any atom is 0.248 e. The van der Waals surface area contributed by atoms with Crippen LogP contribution in [0.25, 0.3) is 0 Å². The van der Waals surface area contributed by atoms with E-state index >= 15 is 0 Å². The quantitative estimate of drug-likeness (QED) is 0.870. The van der Waals surface area contributed by atoms with E-state index in [-0.39, 0.29) is 43.6 Å². The molecule has 6 heteroatoms. The van der Waals surface area contributed by atoms with Crippen molar-refractivity contribution in [2.75, 3.05) is 13.2 Å². The second kappa shape index (κ2) is 6.40. The molecule has 1 spiro atoms. The Morgan fingerprint density at radius 2 is 1.77 bits per heavy atom. The molecule has 1 heterocycles. The van der Waals surface area contributed by atoms with E-state index in [4.69, 9.17) is 9.47 Å². The molecule has 2 aliphatic carbocycles.